The lowest BCUT2D eigenvalue weighted by Gasteiger charge is -2.20. The molecule has 0 atom stereocenters. The molecule has 0 saturated carbocycles. The number of nitrogens with one attached hydrogen (secondary N) is 1. The van der Waals surface area contributed by atoms with Crippen molar-refractivity contribution >= 4 is 10.9 Å². The molecule has 2 heteroatoms. The monoisotopic (exact) mass is 256 g/mol. The van der Waals surface area contributed by atoms with E-state index in [-0.39, 0.29) is 5.41 Å². The third kappa shape index (κ3) is 3.13. The van der Waals surface area contributed by atoms with Crippen LogP contribution in [0.4, 0.5) is 0 Å². The molecule has 1 aromatic carbocycles. The maximum atomic E-state index is 4.76. The minimum Gasteiger partial charge on any atom is -0.319 e. The molecule has 0 bridgehead atoms. The smallest absolute Gasteiger partial charge is 0.0708 e. The van der Waals surface area contributed by atoms with Crippen LogP contribution in [0.5, 0.6) is 0 Å². The van der Waals surface area contributed by atoms with Crippen molar-refractivity contribution in [2.24, 2.45) is 0 Å². The first-order chi connectivity index (χ1) is 8.91. The minimum atomic E-state index is 0.186. The Balaban J connectivity index is 2.48. The highest BCUT2D eigenvalue weighted by molar-refractivity contribution is 5.83. The van der Waals surface area contributed by atoms with E-state index in [1.807, 2.05) is 7.05 Å². The van der Waals surface area contributed by atoms with Crippen molar-refractivity contribution in [1.82, 2.24) is 10.3 Å². The number of aryl methyl sites for hydroxylation is 1. The van der Waals surface area contributed by atoms with Crippen molar-refractivity contribution in [1.29, 1.82) is 0 Å². The van der Waals surface area contributed by atoms with Gasteiger partial charge in [0.1, 0.15) is 0 Å². The Kier molecular flexibility index (Phi) is 3.91. The molecule has 0 unspecified atom stereocenters. The molecule has 0 aliphatic heterocycles. The van der Waals surface area contributed by atoms with Crippen LogP contribution < -0.4 is 5.32 Å². The van der Waals surface area contributed by atoms with Crippen LogP contribution in [0.1, 0.15) is 37.6 Å². The number of aromatic nitrogens is 1. The molecule has 0 amide bonds. The Morgan fingerprint density at radius 3 is 2.53 bits per heavy atom. The van der Waals surface area contributed by atoms with Gasteiger partial charge < -0.3 is 5.32 Å². The molecule has 2 nitrogen and oxygen atoms in total. The third-order valence-corrected chi connectivity index (χ3v) is 3.57. The second-order valence-electron chi connectivity index (χ2n) is 6.27. The van der Waals surface area contributed by atoms with Gasteiger partial charge in [-0.2, -0.15) is 0 Å². The fourth-order valence-corrected chi connectivity index (χ4v) is 2.31. The number of fused-ring (bicyclic) bond motifs is 1. The average molecular weight is 256 g/mol. The molecule has 0 radical (unpaired) electrons. The van der Waals surface area contributed by atoms with E-state index in [2.05, 4.69) is 57.3 Å². The van der Waals surface area contributed by atoms with Crippen molar-refractivity contribution in [3.05, 3.63) is 41.1 Å². The number of pyridine rings is 1. The van der Waals surface area contributed by atoms with E-state index >= 15 is 0 Å². The zero-order valence-corrected chi connectivity index (χ0v) is 12.7. The standard InChI is InChI=1S/C17H24N2/c1-12-10-14(8-9-18-5)19-16-7-6-13(11-15(12)16)17(2,3)4/h6-7,10-11,18H,8-9H2,1-5H3. The van der Waals surface area contributed by atoms with Crippen LogP contribution in [0.25, 0.3) is 10.9 Å². The molecule has 1 heterocycles. The van der Waals surface area contributed by atoms with Crippen molar-refractivity contribution in [2.45, 2.75) is 39.5 Å². The number of nitrogens with zero attached hydrogens (tertiary/aromatic N) is 1. The number of hydrogen-bond donors (Lipinski definition) is 1. The number of hydrogen-bond acceptors (Lipinski definition) is 2. The fourth-order valence-electron chi connectivity index (χ4n) is 2.31. The Morgan fingerprint density at radius 1 is 1.16 bits per heavy atom. The Labute approximate surface area is 116 Å². The summed E-state index contributed by atoms with van der Waals surface area (Å²) < 4.78 is 0. The first kappa shape index (κ1) is 14.0. The van der Waals surface area contributed by atoms with E-state index < -0.39 is 0 Å². The normalized spacial score (nSPS) is 12.1. The Bertz CT molecular complexity index is 580. The number of likely N-dealkylation sites (N-methyl/N-ethyl adjacent to an activating group) is 1. The maximum absolute atomic E-state index is 4.76. The van der Waals surface area contributed by atoms with Gasteiger partial charge in [-0.1, -0.05) is 26.8 Å². The van der Waals surface area contributed by atoms with Crippen LogP contribution in [0.15, 0.2) is 24.3 Å². The molecule has 0 fully saturated rings. The summed E-state index contributed by atoms with van der Waals surface area (Å²) in [5.74, 6) is 0. The van der Waals surface area contributed by atoms with E-state index in [1.165, 1.54) is 22.2 Å². The van der Waals surface area contributed by atoms with E-state index in [9.17, 15) is 0 Å². The highest BCUT2D eigenvalue weighted by Gasteiger charge is 2.14. The zero-order valence-electron chi connectivity index (χ0n) is 12.7. The van der Waals surface area contributed by atoms with Crippen molar-refractivity contribution in [3.63, 3.8) is 0 Å². The van der Waals surface area contributed by atoms with Crippen LogP contribution >= 0.6 is 0 Å². The topological polar surface area (TPSA) is 24.9 Å². The summed E-state index contributed by atoms with van der Waals surface area (Å²) in [6.07, 6.45) is 0.980. The molecule has 1 N–H and O–H groups in total. The summed E-state index contributed by atoms with van der Waals surface area (Å²) >= 11 is 0. The summed E-state index contributed by atoms with van der Waals surface area (Å²) in [6, 6.07) is 8.87. The van der Waals surface area contributed by atoms with E-state index in [0.717, 1.165) is 18.5 Å². The summed E-state index contributed by atoms with van der Waals surface area (Å²) in [5, 5.41) is 4.45. The van der Waals surface area contributed by atoms with Crippen molar-refractivity contribution in [3.8, 4) is 0 Å². The molecule has 19 heavy (non-hydrogen) atoms. The quantitative estimate of drug-likeness (QED) is 0.907. The molecule has 1 aromatic heterocycles. The molecule has 0 aliphatic carbocycles. The van der Waals surface area contributed by atoms with Gasteiger partial charge in [0.05, 0.1) is 5.52 Å². The van der Waals surface area contributed by atoms with Crippen LogP contribution in [0.3, 0.4) is 0 Å². The third-order valence-electron chi connectivity index (χ3n) is 3.57. The lowest BCUT2D eigenvalue weighted by Crippen LogP contribution is -2.12. The van der Waals surface area contributed by atoms with Crippen LogP contribution in [0, 0.1) is 6.92 Å². The molecular formula is C17H24N2. The molecule has 102 valence electrons. The second kappa shape index (κ2) is 5.30. The number of rotatable bonds is 3. The van der Waals surface area contributed by atoms with Gasteiger partial charge in [0.15, 0.2) is 0 Å². The minimum absolute atomic E-state index is 0.186. The summed E-state index contributed by atoms with van der Waals surface area (Å²) in [5.41, 5.74) is 5.16. The highest BCUT2D eigenvalue weighted by Crippen LogP contribution is 2.27. The maximum Gasteiger partial charge on any atom is 0.0708 e. The van der Waals surface area contributed by atoms with E-state index in [0.29, 0.717) is 0 Å². The first-order valence-corrected chi connectivity index (χ1v) is 6.97. The van der Waals surface area contributed by atoms with Crippen LogP contribution in [0.2, 0.25) is 0 Å². The predicted octanol–water partition coefficient (Wildman–Crippen LogP) is 3.60. The second-order valence-corrected chi connectivity index (χ2v) is 6.27. The SMILES string of the molecule is CNCCc1cc(C)c2cc(C(C)(C)C)ccc2n1. The fraction of sp³-hybridized carbons (Fsp3) is 0.471. The van der Waals surface area contributed by atoms with Gasteiger partial charge in [-0.3, -0.25) is 4.98 Å². The van der Waals surface area contributed by atoms with Gasteiger partial charge in [0, 0.05) is 24.0 Å². The molecule has 0 spiro atoms. The van der Waals surface area contributed by atoms with E-state index in [4.69, 9.17) is 4.98 Å². The average Bonchev–Trinajstić information content (AvgIpc) is 2.35. The first-order valence-electron chi connectivity index (χ1n) is 6.97. The van der Waals surface area contributed by atoms with Gasteiger partial charge in [0.25, 0.3) is 0 Å². The van der Waals surface area contributed by atoms with Gasteiger partial charge in [-0.05, 0) is 48.7 Å². The molecule has 2 aromatic rings. The molecule has 2 rings (SSSR count). The van der Waals surface area contributed by atoms with Gasteiger partial charge in [-0.15, -0.1) is 0 Å². The molecule has 0 saturated heterocycles. The van der Waals surface area contributed by atoms with Crippen LogP contribution in [-0.2, 0) is 11.8 Å². The summed E-state index contributed by atoms with van der Waals surface area (Å²) in [6.45, 7) is 9.89. The Hall–Kier alpha value is -1.41. The number of benzene rings is 1. The predicted molar refractivity (Wildman–Crippen MR) is 82.8 cm³/mol. The van der Waals surface area contributed by atoms with Gasteiger partial charge in [0.2, 0.25) is 0 Å². The van der Waals surface area contributed by atoms with Gasteiger partial charge in [-0.25, -0.2) is 0 Å². The highest BCUT2D eigenvalue weighted by atomic mass is 14.8. The summed E-state index contributed by atoms with van der Waals surface area (Å²) in [7, 11) is 1.98. The van der Waals surface area contributed by atoms with Crippen LogP contribution in [-0.4, -0.2) is 18.6 Å². The Morgan fingerprint density at radius 2 is 1.89 bits per heavy atom. The lowest BCUT2D eigenvalue weighted by molar-refractivity contribution is 0.591. The molecular weight excluding hydrogens is 232 g/mol. The van der Waals surface area contributed by atoms with Gasteiger partial charge >= 0.3 is 0 Å². The van der Waals surface area contributed by atoms with Crippen molar-refractivity contribution < 1.29 is 0 Å². The largest absolute Gasteiger partial charge is 0.319 e. The van der Waals surface area contributed by atoms with Crippen molar-refractivity contribution in [2.75, 3.05) is 13.6 Å². The lowest BCUT2D eigenvalue weighted by atomic mass is 9.86. The summed E-state index contributed by atoms with van der Waals surface area (Å²) in [4.78, 5) is 4.76. The van der Waals surface area contributed by atoms with E-state index in [1.54, 1.807) is 0 Å². The molecule has 0 aliphatic rings. The zero-order chi connectivity index (χ0) is 14.0.